The van der Waals surface area contributed by atoms with Gasteiger partial charge in [-0.05, 0) is 128 Å². The number of esters is 3. The molecule has 1 atom stereocenters. The van der Waals surface area contributed by atoms with Crippen LogP contribution in [0, 0.1) is 0 Å². The molecule has 0 aliphatic heterocycles. The van der Waals surface area contributed by atoms with Crippen LogP contribution >= 0.6 is 0 Å². The lowest BCUT2D eigenvalue weighted by Gasteiger charge is -2.18. The van der Waals surface area contributed by atoms with Crippen molar-refractivity contribution in [1.82, 2.24) is 0 Å². The highest BCUT2D eigenvalue weighted by molar-refractivity contribution is 5.71. The highest BCUT2D eigenvalue weighted by atomic mass is 16.6. The van der Waals surface area contributed by atoms with Crippen molar-refractivity contribution in [2.75, 3.05) is 13.2 Å². The molecule has 1 unspecified atom stereocenters. The highest BCUT2D eigenvalue weighted by Gasteiger charge is 2.19. The van der Waals surface area contributed by atoms with Gasteiger partial charge in [0.2, 0.25) is 0 Å². The zero-order valence-corrected chi connectivity index (χ0v) is 53.0. The molecule has 0 aliphatic rings. The van der Waals surface area contributed by atoms with E-state index in [1.165, 1.54) is 148 Å². The third-order valence-electron chi connectivity index (χ3n) is 14.4. The maximum Gasteiger partial charge on any atom is 0.306 e. The van der Waals surface area contributed by atoms with E-state index in [2.05, 4.69) is 142 Å². The van der Waals surface area contributed by atoms with Crippen molar-refractivity contribution in [3.05, 3.63) is 122 Å². The second kappa shape index (κ2) is 68.3. The van der Waals surface area contributed by atoms with Crippen molar-refractivity contribution in [3.8, 4) is 0 Å². The van der Waals surface area contributed by atoms with Crippen LogP contribution in [0.1, 0.15) is 316 Å². The number of carbonyl (C=O) groups excluding carboxylic acids is 3. The fourth-order valence-electron chi connectivity index (χ4n) is 9.40. The largest absolute Gasteiger partial charge is 0.462 e. The van der Waals surface area contributed by atoms with Gasteiger partial charge in [-0.2, -0.15) is 0 Å². The molecule has 6 nitrogen and oxygen atoms in total. The number of carbonyl (C=O) groups is 3. The molecule has 0 radical (unpaired) electrons. The number of hydrogen-bond donors (Lipinski definition) is 0. The summed E-state index contributed by atoms with van der Waals surface area (Å²) in [6.45, 7) is 6.42. The van der Waals surface area contributed by atoms with Crippen molar-refractivity contribution < 1.29 is 28.6 Å². The molecule has 0 heterocycles. The first-order valence-electron chi connectivity index (χ1n) is 34.0. The van der Waals surface area contributed by atoms with Gasteiger partial charge >= 0.3 is 17.9 Å². The van der Waals surface area contributed by atoms with E-state index in [9.17, 15) is 14.4 Å². The Morgan fingerprint density at radius 1 is 0.259 bits per heavy atom. The fraction of sp³-hybridized carbons (Fsp3) is 0.693. The fourth-order valence-corrected chi connectivity index (χ4v) is 9.40. The molecule has 0 N–H and O–H groups in total. The number of allylic oxidation sites excluding steroid dienone is 20. The average Bonchev–Trinajstić information content (AvgIpc) is 3.47. The van der Waals surface area contributed by atoms with Crippen LogP contribution in [-0.4, -0.2) is 37.2 Å². The van der Waals surface area contributed by atoms with Gasteiger partial charge in [0.25, 0.3) is 0 Å². The average molecular weight is 1120 g/mol. The van der Waals surface area contributed by atoms with E-state index in [1.807, 2.05) is 0 Å². The Hall–Kier alpha value is -4.19. The van der Waals surface area contributed by atoms with Crippen molar-refractivity contribution >= 4 is 17.9 Å². The molecule has 0 aromatic heterocycles. The smallest absolute Gasteiger partial charge is 0.306 e. The predicted octanol–water partition coefficient (Wildman–Crippen LogP) is 23.6. The number of unbranched alkanes of at least 4 members (excludes halogenated alkanes) is 30. The Bertz CT molecular complexity index is 1670. The summed E-state index contributed by atoms with van der Waals surface area (Å²) in [7, 11) is 0. The quantitative estimate of drug-likeness (QED) is 0.0261. The second-order valence-electron chi connectivity index (χ2n) is 22.3. The van der Waals surface area contributed by atoms with Gasteiger partial charge in [-0.1, -0.05) is 290 Å². The predicted molar refractivity (Wildman–Crippen MR) is 353 cm³/mol. The molecule has 81 heavy (non-hydrogen) atoms. The lowest BCUT2D eigenvalue weighted by atomic mass is 10.0. The zero-order valence-electron chi connectivity index (χ0n) is 53.0. The van der Waals surface area contributed by atoms with Crippen LogP contribution in [0.25, 0.3) is 0 Å². The van der Waals surface area contributed by atoms with Gasteiger partial charge < -0.3 is 14.2 Å². The van der Waals surface area contributed by atoms with Crippen LogP contribution in [0.2, 0.25) is 0 Å². The Labute approximate surface area is 501 Å². The van der Waals surface area contributed by atoms with Gasteiger partial charge in [0.1, 0.15) is 13.2 Å². The van der Waals surface area contributed by atoms with Crippen LogP contribution in [0.15, 0.2) is 122 Å². The summed E-state index contributed by atoms with van der Waals surface area (Å²) in [6, 6.07) is 0. The highest BCUT2D eigenvalue weighted by Crippen LogP contribution is 2.16. The van der Waals surface area contributed by atoms with E-state index in [1.54, 1.807) is 0 Å². The molecule has 462 valence electrons. The van der Waals surface area contributed by atoms with Crippen molar-refractivity contribution in [2.45, 2.75) is 322 Å². The summed E-state index contributed by atoms with van der Waals surface area (Å²) < 4.78 is 16.9. The van der Waals surface area contributed by atoms with E-state index in [0.29, 0.717) is 19.3 Å². The third kappa shape index (κ3) is 66.5. The molecular formula is C75H126O6. The van der Waals surface area contributed by atoms with Crippen molar-refractivity contribution in [3.63, 3.8) is 0 Å². The van der Waals surface area contributed by atoms with Crippen molar-refractivity contribution in [2.24, 2.45) is 0 Å². The first-order chi connectivity index (χ1) is 40.0. The van der Waals surface area contributed by atoms with E-state index >= 15 is 0 Å². The summed E-state index contributed by atoms with van der Waals surface area (Å²) >= 11 is 0. The Balaban J connectivity index is 4.29. The zero-order chi connectivity index (χ0) is 58.5. The minimum absolute atomic E-state index is 0.0860. The minimum Gasteiger partial charge on any atom is -0.462 e. The Morgan fingerprint density at radius 2 is 0.481 bits per heavy atom. The first kappa shape index (κ1) is 76.8. The summed E-state index contributed by atoms with van der Waals surface area (Å²) in [5.74, 6) is -0.897. The van der Waals surface area contributed by atoms with Crippen molar-refractivity contribution in [1.29, 1.82) is 0 Å². The Morgan fingerprint density at radius 3 is 0.765 bits per heavy atom. The van der Waals surface area contributed by atoms with E-state index in [-0.39, 0.29) is 31.1 Å². The third-order valence-corrected chi connectivity index (χ3v) is 14.4. The molecule has 0 fully saturated rings. The molecule has 0 saturated heterocycles. The number of rotatable bonds is 61. The molecule has 0 aromatic carbocycles. The molecular weight excluding hydrogens is 997 g/mol. The molecule has 0 amide bonds. The normalized spacial score (nSPS) is 12.9. The van der Waals surface area contributed by atoms with Gasteiger partial charge in [0.15, 0.2) is 6.10 Å². The number of ether oxygens (including phenoxy) is 3. The van der Waals surface area contributed by atoms with Crippen LogP contribution in [-0.2, 0) is 28.6 Å². The van der Waals surface area contributed by atoms with E-state index in [0.717, 1.165) is 128 Å². The molecule has 0 aliphatic carbocycles. The maximum atomic E-state index is 12.9. The molecule has 0 bridgehead atoms. The van der Waals surface area contributed by atoms with Crippen LogP contribution in [0.4, 0.5) is 0 Å². The maximum absolute atomic E-state index is 12.9. The first-order valence-corrected chi connectivity index (χ1v) is 34.0. The topological polar surface area (TPSA) is 78.9 Å². The summed E-state index contributed by atoms with van der Waals surface area (Å²) in [5, 5.41) is 0. The van der Waals surface area contributed by atoms with E-state index < -0.39 is 6.10 Å². The van der Waals surface area contributed by atoms with Gasteiger partial charge in [-0.15, -0.1) is 0 Å². The summed E-state index contributed by atoms with van der Waals surface area (Å²) in [6.07, 6.45) is 95.0. The van der Waals surface area contributed by atoms with E-state index in [4.69, 9.17) is 14.2 Å². The minimum atomic E-state index is -0.791. The molecule has 0 saturated carbocycles. The summed E-state index contributed by atoms with van der Waals surface area (Å²) in [5.41, 5.74) is 0. The molecule has 0 rings (SSSR count). The lowest BCUT2D eigenvalue weighted by Crippen LogP contribution is -2.30. The lowest BCUT2D eigenvalue weighted by molar-refractivity contribution is -0.167. The molecule has 0 spiro atoms. The summed E-state index contributed by atoms with van der Waals surface area (Å²) in [4.78, 5) is 38.4. The van der Waals surface area contributed by atoms with Gasteiger partial charge in [-0.25, -0.2) is 0 Å². The van der Waals surface area contributed by atoms with Gasteiger partial charge in [0, 0.05) is 19.3 Å². The monoisotopic (exact) mass is 1120 g/mol. The van der Waals surface area contributed by atoms with Crippen LogP contribution in [0.5, 0.6) is 0 Å². The van der Waals surface area contributed by atoms with Crippen LogP contribution < -0.4 is 0 Å². The van der Waals surface area contributed by atoms with Gasteiger partial charge in [-0.3, -0.25) is 14.4 Å². The van der Waals surface area contributed by atoms with Gasteiger partial charge in [0.05, 0.1) is 0 Å². The SMILES string of the molecule is CC/C=C\C/C=C\C/C=C\C/C=C\C/C=C\C/C=C\CCCCCCCCCCCCCCC(=O)OCC(COC(=O)CCCCCCC/C=C\CCCCCCCC)OC(=O)CCCCCCCCC/C=C\C/C=C\C/C=C\CC. The number of hydrogen-bond acceptors (Lipinski definition) is 6. The van der Waals surface area contributed by atoms with Crippen LogP contribution in [0.3, 0.4) is 0 Å². The molecule has 0 aromatic rings. The second-order valence-corrected chi connectivity index (χ2v) is 22.3. The molecule has 6 heteroatoms. The Kier molecular flexibility index (Phi) is 64.8. The standard InChI is InChI=1S/C75H126O6/c1-4-7-10-13-16-19-22-25-28-30-31-32-33-34-35-36-37-38-39-40-41-42-43-45-47-50-53-56-59-62-65-68-74(77)80-71-72(70-79-73(76)67-64-61-58-55-52-49-46-27-24-21-18-15-12-9-6-3)81-75(78)69-66-63-60-57-54-51-48-44-29-26-23-20-17-14-11-8-5-2/h7-8,10-11,16-17,19-20,25-29,31-32,34-35,37-38,46,72H,4-6,9,12-15,18,21-24,30,33,36,39-45,47-71H2,1-3H3/b10-7-,11-8-,19-16-,20-17-,28-25-,29-26-,32-31-,35-34-,38-37-,46-27-.